The second-order valence-corrected chi connectivity index (χ2v) is 4.88. The zero-order valence-electron chi connectivity index (χ0n) is 10.1. The minimum atomic E-state index is -1.02. The molecule has 0 aromatic carbocycles. The average Bonchev–Trinajstić information content (AvgIpc) is 2.63. The van der Waals surface area contributed by atoms with Gasteiger partial charge in [0.25, 0.3) is 0 Å². The first-order valence-electron chi connectivity index (χ1n) is 5.84. The number of carboxylic acids is 1. The summed E-state index contributed by atoms with van der Waals surface area (Å²) < 4.78 is 0. The van der Waals surface area contributed by atoms with E-state index < -0.39 is 24.2 Å². The van der Waals surface area contributed by atoms with Crippen LogP contribution in [0.25, 0.3) is 0 Å². The molecule has 0 bridgehead atoms. The van der Waals surface area contributed by atoms with E-state index in [1.54, 1.807) is 0 Å². The van der Waals surface area contributed by atoms with Crippen LogP contribution in [-0.2, 0) is 9.59 Å². The highest BCUT2D eigenvalue weighted by molar-refractivity contribution is 5.87. The predicted molar refractivity (Wildman–Crippen MR) is 61.4 cm³/mol. The Morgan fingerprint density at radius 2 is 2.12 bits per heavy atom. The Labute approximate surface area is 100 Å². The normalized spacial score (nSPS) is 25.9. The van der Waals surface area contributed by atoms with Crippen molar-refractivity contribution in [1.82, 2.24) is 10.6 Å². The van der Waals surface area contributed by atoms with Crippen LogP contribution in [0.4, 0.5) is 0 Å². The third-order valence-electron chi connectivity index (χ3n) is 2.75. The van der Waals surface area contributed by atoms with E-state index in [1.165, 1.54) is 0 Å². The summed E-state index contributed by atoms with van der Waals surface area (Å²) in [5.74, 6) is -1.18. The fraction of sp³-hybridized carbons (Fsp3) is 0.818. The molecule has 0 spiro atoms. The molecule has 1 heterocycles. The highest BCUT2D eigenvalue weighted by atomic mass is 16.4. The zero-order chi connectivity index (χ0) is 13.0. The fourth-order valence-electron chi connectivity index (χ4n) is 1.88. The lowest BCUT2D eigenvalue weighted by molar-refractivity contribution is -0.142. The number of amides is 1. The SMILES string of the molecule is CC(C)C[C@@H](NC(=O)[C@@H]1C[C@@H](O)CN1)C(=O)O. The molecule has 1 amide bonds. The molecular formula is C11H20N2O4. The minimum Gasteiger partial charge on any atom is -0.480 e. The Kier molecular flexibility index (Phi) is 4.89. The third-order valence-corrected chi connectivity index (χ3v) is 2.75. The first-order chi connectivity index (χ1) is 7.90. The number of hydrogen-bond acceptors (Lipinski definition) is 4. The second-order valence-electron chi connectivity index (χ2n) is 4.88. The molecule has 3 atom stereocenters. The van der Waals surface area contributed by atoms with E-state index in [0.717, 1.165) is 0 Å². The van der Waals surface area contributed by atoms with Crippen LogP contribution in [0.1, 0.15) is 26.7 Å². The van der Waals surface area contributed by atoms with Gasteiger partial charge in [0.05, 0.1) is 12.1 Å². The van der Waals surface area contributed by atoms with E-state index in [1.807, 2.05) is 13.8 Å². The molecule has 1 rings (SSSR count). The molecule has 0 aromatic heterocycles. The van der Waals surface area contributed by atoms with Crippen LogP contribution in [0.5, 0.6) is 0 Å². The maximum Gasteiger partial charge on any atom is 0.326 e. The monoisotopic (exact) mass is 244 g/mol. The van der Waals surface area contributed by atoms with E-state index in [-0.39, 0.29) is 11.8 Å². The predicted octanol–water partition coefficient (Wildman–Crippen LogP) is -0.675. The molecule has 0 aliphatic carbocycles. The summed E-state index contributed by atoms with van der Waals surface area (Å²) in [6, 6.07) is -1.35. The molecular weight excluding hydrogens is 224 g/mol. The first kappa shape index (κ1) is 13.9. The topological polar surface area (TPSA) is 98.7 Å². The van der Waals surface area contributed by atoms with Crippen molar-refractivity contribution in [2.45, 2.75) is 44.9 Å². The van der Waals surface area contributed by atoms with Crippen LogP contribution in [0, 0.1) is 5.92 Å². The summed E-state index contributed by atoms with van der Waals surface area (Å²) in [5, 5.41) is 23.6. The van der Waals surface area contributed by atoms with E-state index in [9.17, 15) is 14.7 Å². The van der Waals surface area contributed by atoms with Crippen molar-refractivity contribution in [3.8, 4) is 0 Å². The van der Waals surface area contributed by atoms with Gasteiger partial charge in [0, 0.05) is 6.54 Å². The van der Waals surface area contributed by atoms with Crippen molar-refractivity contribution >= 4 is 11.9 Å². The van der Waals surface area contributed by atoms with Crippen molar-refractivity contribution in [1.29, 1.82) is 0 Å². The van der Waals surface area contributed by atoms with Gasteiger partial charge in [0.15, 0.2) is 0 Å². The third kappa shape index (κ3) is 4.32. The van der Waals surface area contributed by atoms with Gasteiger partial charge in [-0.05, 0) is 18.8 Å². The van der Waals surface area contributed by atoms with Crippen LogP contribution in [0.3, 0.4) is 0 Å². The largest absolute Gasteiger partial charge is 0.480 e. The molecule has 1 aliphatic rings. The summed E-state index contributed by atoms with van der Waals surface area (Å²) >= 11 is 0. The molecule has 17 heavy (non-hydrogen) atoms. The quantitative estimate of drug-likeness (QED) is 0.514. The van der Waals surface area contributed by atoms with Crippen molar-refractivity contribution in [2.24, 2.45) is 5.92 Å². The Morgan fingerprint density at radius 3 is 2.53 bits per heavy atom. The smallest absolute Gasteiger partial charge is 0.326 e. The van der Waals surface area contributed by atoms with Gasteiger partial charge in [0.1, 0.15) is 6.04 Å². The highest BCUT2D eigenvalue weighted by Gasteiger charge is 2.30. The molecule has 1 aliphatic heterocycles. The first-order valence-corrected chi connectivity index (χ1v) is 5.84. The molecule has 6 heteroatoms. The second kappa shape index (κ2) is 5.97. The average molecular weight is 244 g/mol. The van der Waals surface area contributed by atoms with Gasteiger partial charge in [0.2, 0.25) is 5.91 Å². The number of β-amino-alcohol motifs (C(OH)–C–C–N with tert-alkyl or cyclic N) is 1. The Morgan fingerprint density at radius 1 is 1.47 bits per heavy atom. The van der Waals surface area contributed by atoms with Crippen LogP contribution in [0.15, 0.2) is 0 Å². The van der Waals surface area contributed by atoms with Crippen LogP contribution < -0.4 is 10.6 Å². The van der Waals surface area contributed by atoms with E-state index in [2.05, 4.69) is 10.6 Å². The number of carbonyl (C=O) groups excluding carboxylic acids is 1. The van der Waals surface area contributed by atoms with E-state index in [0.29, 0.717) is 19.4 Å². The maximum absolute atomic E-state index is 11.7. The van der Waals surface area contributed by atoms with Crippen LogP contribution in [0.2, 0.25) is 0 Å². The molecule has 1 fully saturated rings. The number of aliphatic carboxylic acids is 1. The summed E-state index contributed by atoms with van der Waals surface area (Å²) in [7, 11) is 0. The van der Waals surface area contributed by atoms with Gasteiger partial charge < -0.3 is 20.8 Å². The van der Waals surface area contributed by atoms with Crippen molar-refractivity contribution in [2.75, 3.05) is 6.54 Å². The Bertz CT molecular complexity index is 293. The van der Waals surface area contributed by atoms with Gasteiger partial charge >= 0.3 is 5.97 Å². The zero-order valence-corrected chi connectivity index (χ0v) is 10.1. The lowest BCUT2D eigenvalue weighted by atomic mass is 10.0. The van der Waals surface area contributed by atoms with Gasteiger partial charge in [-0.3, -0.25) is 4.79 Å². The lowest BCUT2D eigenvalue weighted by Gasteiger charge is -2.18. The maximum atomic E-state index is 11.7. The van der Waals surface area contributed by atoms with Crippen LogP contribution in [-0.4, -0.2) is 46.8 Å². The number of carboxylic acid groups (broad SMARTS) is 1. The number of rotatable bonds is 5. The van der Waals surface area contributed by atoms with Gasteiger partial charge in [-0.2, -0.15) is 0 Å². The van der Waals surface area contributed by atoms with E-state index in [4.69, 9.17) is 5.11 Å². The van der Waals surface area contributed by atoms with E-state index >= 15 is 0 Å². The summed E-state index contributed by atoms with van der Waals surface area (Å²) in [5.41, 5.74) is 0. The molecule has 98 valence electrons. The Hall–Kier alpha value is -1.14. The highest BCUT2D eigenvalue weighted by Crippen LogP contribution is 2.09. The van der Waals surface area contributed by atoms with Crippen molar-refractivity contribution in [3.05, 3.63) is 0 Å². The number of carbonyl (C=O) groups is 2. The minimum absolute atomic E-state index is 0.193. The summed E-state index contributed by atoms with van der Waals surface area (Å²) in [4.78, 5) is 22.7. The lowest BCUT2D eigenvalue weighted by Crippen LogP contribution is -2.48. The van der Waals surface area contributed by atoms with Crippen molar-refractivity contribution in [3.63, 3.8) is 0 Å². The van der Waals surface area contributed by atoms with Gasteiger partial charge in [-0.15, -0.1) is 0 Å². The molecule has 0 radical (unpaired) electrons. The number of aliphatic hydroxyl groups excluding tert-OH is 1. The summed E-state index contributed by atoms with van der Waals surface area (Å²) in [6.45, 7) is 4.18. The molecule has 6 nitrogen and oxygen atoms in total. The molecule has 0 saturated carbocycles. The molecule has 4 N–H and O–H groups in total. The number of nitrogens with one attached hydrogen (secondary N) is 2. The van der Waals surface area contributed by atoms with Gasteiger partial charge in [-0.1, -0.05) is 13.8 Å². The molecule has 1 saturated heterocycles. The van der Waals surface area contributed by atoms with Crippen LogP contribution >= 0.6 is 0 Å². The van der Waals surface area contributed by atoms with Gasteiger partial charge in [-0.25, -0.2) is 4.79 Å². The number of hydrogen-bond donors (Lipinski definition) is 4. The molecule has 0 unspecified atom stereocenters. The Balaban J connectivity index is 2.49. The molecule has 0 aromatic rings. The standard InChI is InChI=1S/C11H20N2O4/c1-6(2)3-9(11(16)17)13-10(15)8-4-7(14)5-12-8/h6-9,12,14H,3-5H2,1-2H3,(H,13,15)(H,16,17)/t7-,8+,9-/m1/s1. The fourth-order valence-corrected chi connectivity index (χ4v) is 1.88. The number of aliphatic hydroxyl groups is 1. The summed E-state index contributed by atoms with van der Waals surface area (Å²) in [6.07, 6.45) is 0.204. The van der Waals surface area contributed by atoms with Crippen molar-refractivity contribution < 1.29 is 19.8 Å².